The summed E-state index contributed by atoms with van der Waals surface area (Å²) in [7, 11) is -3.81. The Morgan fingerprint density at radius 3 is 2.41 bits per heavy atom. The van der Waals surface area contributed by atoms with E-state index in [1.165, 1.54) is 37.3 Å². The lowest BCUT2D eigenvalue weighted by molar-refractivity contribution is -0.154. The number of carbonyl (C=O) groups is 2. The zero-order valence-electron chi connectivity index (χ0n) is 12.0. The first-order valence-corrected chi connectivity index (χ1v) is 7.85. The van der Waals surface area contributed by atoms with Gasteiger partial charge in [0, 0.05) is 5.56 Å². The zero-order chi connectivity index (χ0) is 16.8. The van der Waals surface area contributed by atoms with Crippen molar-refractivity contribution in [3.63, 3.8) is 0 Å². The minimum atomic E-state index is -3.81. The van der Waals surface area contributed by atoms with Crippen molar-refractivity contribution in [2.75, 3.05) is 13.2 Å². The maximum absolute atomic E-state index is 11.8. The van der Waals surface area contributed by atoms with Crippen LogP contribution in [0.25, 0.3) is 0 Å². The van der Waals surface area contributed by atoms with E-state index in [0.29, 0.717) is 0 Å². The number of rotatable bonds is 8. The molecule has 1 aromatic carbocycles. The SMILES string of the molecule is C=CCOC(C)C(=O)OCC(=O)c1ccc(S(N)(=O)=O)cc1. The molecule has 1 unspecified atom stereocenters. The maximum Gasteiger partial charge on any atom is 0.335 e. The van der Waals surface area contributed by atoms with Crippen molar-refractivity contribution in [1.29, 1.82) is 0 Å². The predicted octanol–water partition coefficient (Wildman–Crippen LogP) is 0.651. The van der Waals surface area contributed by atoms with E-state index in [1.54, 1.807) is 0 Å². The Balaban J connectivity index is 2.59. The molecule has 8 heteroatoms. The number of esters is 1. The van der Waals surface area contributed by atoms with Crippen LogP contribution in [0.2, 0.25) is 0 Å². The first-order valence-electron chi connectivity index (χ1n) is 6.31. The molecule has 0 aliphatic heterocycles. The highest BCUT2D eigenvalue weighted by Gasteiger charge is 2.17. The van der Waals surface area contributed by atoms with Gasteiger partial charge in [-0.3, -0.25) is 4.79 Å². The van der Waals surface area contributed by atoms with E-state index in [2.05, 4.69) is 6.58 Å². The van der Waals surface area contributed by atoms with Gasteiger partial charge in [-0.15, -0.1) is 6.58 Å². The van der Waals surface area contributed by atoms with Gasteiger partial charge in [-0.2, -0.15) is 0 Å². The van der Waals surface area contributed by atoms with Crippen molar-refractivity contribution in [2.45, 2.75) is 17.9 Å². The van der Waals surface area contributed by atoms with Gasteiger partial charge in [0.25, 0.3) is 0 Å². The van der Waals surface area contributed by atoms with E-state index in [-0.39, 0.29) is 17.1 Å². The van der Waals surface area contributed by atoms with E-state index in [0.717, 1.165) is 0 Å². The summed E-state index contributed by atoms with van der Waals surface area (Å²) in [4.78, 5) is 23.3. The molecule has 7 nitrogen and oxygen atoms in total. The monoisotopic (exact) mass is 327 g/mol. The van der Waals surface area contributed by atoms with Crippen molar-refractivity contribution < 1.29 is 27.5 Å². The minimum absolute atomic E-state index is 0.104. The molecule has 1 aromatic rings. The molecule has 0 fully saturated rings. The van der Waals surface area contributed by atoms with Crippen molar-refractivity contribution in [3.05, 3.63) is 42.5 Å². The van der Waals surface area contributed by atoms with Gasteiger partial charge in [0.2, 0.25) is 10.0 Å². The van der Waals surface area contributed by atoms with Crippen LogP contribution < -0.4 is 5.14 Å². The summed E-state index contributed by atoms with van der Waals surface area (Å²) < 4.78 is 32.1. The number of primary sulfonamides is 1. The quantitative estimate of drug-likeness (QED) is 0.426. The topological polar surface area (TPSA) is 113 Å². The Labute approximate surface area is 128 Å². The normalized spacial score (nSPS) is 12.5. The average Bonchev–Trinajstić information content (AvgIpc) is 2.49. The molecule has 0 spiro atoms. The molecule has 1 rings (SSSR count). The molecule has 22 heavy (non-hydrogen) atoms. The van der Waals surface area contributed by atoms with E-state index in [4.69, 9.17) is 14.6 Å². The number of hydrogen-bond acceptors (Lipinski definition) is 6. The summed E-state index contributed by atoms with van der Waals surface area (Å²) in [6, 6.07) is 5.02. The zero-order valence-corrected chi connectivity index (χ0v) is 12.8. The Hall–Kier alpha value is -2.03. The fourth-order valence-corrected chi connectivity index (χ4v) is 1.96. The highest BCUT2D eigenvalue weighted by Crippen LogP contribution is 2.09. The van der Waals surface area contributed by atoms with Crippen LogP contribution in [0.15, 0.2) is 41.8 Å². The molecule has 0 saturated heterocycles. The molecular weight excluding hydrogens is 310 g/mol. The fourth-order valence-electron chi connectivity index (χ4n) is 1.45. The van der Waals surface area contributed by atoms with E-state index in [9.17, 15) is 18.0 Å². The first-order chi connectivity index (χ1) is 10.3. The molecule has 0 aromatic heterocycles. The lowest BCUT2D eigenvalue weighted by Gasteiger charge is -2.11. The molecule has 0 bridgehead atoms. The van der Waals surface area contributed by atoms with E-state index < -0.39 is 34.5 Å². The lowest BCUT2D eigenvalue weighted by atomic mass is 10.1. The summed E-state index contributed by atoms with van der Waals surface area (Å²) in [5, 5.41) is 4.95. The number of benzene rings is 1. The highest BCUT2D eigenvalue weighted by atomic mass is 32.2. The molecule has 0 aliphatic rings. The molecule has 0 amide bonds. The van der Waals surface area contributed by atoms with Gasteiger partial charge in [-0.25, -0.2) is 18.4 Å². The molecule has 2 N–H and O–H groups in total. The summed E-state index contributed by atoms with van der Waals surface area (Å²) in [6.07, 6.45) is 0.678. The smallest absolute Gasteiger partial charge is 0.335 e. The van der Waals surface area contributed by atoms with Crippen molar-refractivity contribution in [1.82, 2.24) is 0 Å². The van der Waals surface area contributed by atoms with E-state index >= 15 is 0 Å². The largest absolute Gasteiger partial charge is 0.455 e. The van der Waals surface area contributed by atoms with Crippen LogP contribution in [0.1, 0.15) is 17.3 Å². The highest BCUT2D eigenvalue weighted by molar-refractivity contribution is 7.89. The van der Waals surface area contributed by atoms with Crippen LogP contribution in [-0.4, -0.2) is 39.5 Å². The Bertz CT molecular complexity index is 650. The van der Waals surface area contributed by atoms with Gasteiger partial charge in [0.1, 0.15) is 0 Å². The fraction of sp³-hybridized carbons (Fsp3) is 0.286. The maximum atomic E-state index is 11.8. The Morgan fingerprint density at radius 2 is 1.91 bits per heavy atom. The number of ether oxygens (including phenoxy) is 2. The molecule has 0 heterocycles. The van der Waals surface area contributed by atoms with Crippen LogP contribution in [0.5, 0.6) is 0 Å². The second kappa shape index (κ2) is 7.83. The summed E-state index contributed by atoms with van der Waals surface area (Å²) in [6.45, 7) is 4.68. The predicted molar refractivity (Wildman–Crippen MR) is 78.7 cm³/mol. The van der Waals surface area contributed by atoms with Crippen LogP contribution in [-0.2, 0) is 24.3 Å². The molecule has 120 valence electrons. The van der Waals surface area contributed by atoms with Gasteiger partial charge < -0.3 is 9.47 Å². The summed E-state index contributed by atoms with van der Waals surface area (Å²) in [5.41, 5.74) is 0.208. The van der Waals surface area contributed by atoms with Gasteiger partial charge in [-0.05, 0) is 31.2 Å². The van der Waals surface area contributed by atoms with Crippen molar-refractivity contribution >= 4 is 21.8 Å². The van der Waals surface area contributed by atoms with Gasteiger partial charge in [-0.1, -0.05) is 6.08 Å². The van der Waals surface area contributed by atoms with Gasteiger partial charge in [0.15, 0.2) is 18.5 Å². The van der Waals surface area contributed by atoms with Crippen molar-refractivity contribution in [2.24, 2.45) is 5.14 Å². The third-order valence-electron chi connectivity index (χ3n) is 2.65. The number of ketones is 1. The summed E-state index contributed by atoms with van der Waals surface area (Å²) in [5.74, 6) is -1.14. The number of sulfonamides is 1. The Morgan fingerprint density at radius 1 is 1.32 bits per heavy atom. The lowest BCUT2D eigenvalue weighted by Crippen LogP contribution is -2.26. The number of Topliss-reactive ketones (excluding diaryl/α,β-unsaturated/α-hetero) is 1. The van der Waals surface area contributed by atoms with Crippen molar-refractivity contribution in [3.8, 4) is 0 Å². The minimum Gasteiger partial charge on any atom is -0.455 e. The summed E-state index contributed by atoms with van der Waals surface area (Å²) >= 11 is 0. The first kappa shape index (κ1) is 18.0. The van der Waals surface area contributed by atoms with Gasteiger partial charge >= 0.3 is 5.97 Å². The number of carbonyl (C=O) groups excluding carboxylic acids is 2. The van der Waals surface area contributed by atoms with Gasteiger partial charge in [0.05, 0.1) is 11.5 Å². The standard InChI is InChI=1S/C14H17NO6S/c1-3-8-20-10(2)14(17)21-9-13(16)11-4-6-12(7-5-11)22(15,18)19/h3-7,10H,1,8-9H2,2H3,(H2,15,18,19). The Kier molecular flexibility index (Phi) is 6.41. The number of nitrogens with two attached hydrogens (primary N) is 1. The number of hydrogen-bond donors (Lipinski definition) is 1. The third kappa shape index (κ3) is 5.40. The second-order valence-corrected chi connectivity index (χ2v) is 5.93. The van der Waals surface area contributed by atoms with Crippen LogP contribution >= 0.6 is 0 Å². The average molecular weight is 327 g/mol. The molecule has 0 radical (unpaired) electrons. The van der Waals surface area contributed by atoms with Crippen LogP contribution in [0, 0.1) is 0 Å². The van der Waals surface area contributed by atoms with Crippen LogP contribution in [0.4, 0.5) is 0 Å². The molecule has 1 atom stereocenters. The molecule has 0 saturated carbocycles. The van der Waals surface area contributed by atoms with Crippen LogP contribution in [0.3, 0.4) is 0 Å². The second-order valence-electron chi connectivity index (χ2n) is 4.36. The third-order valence-corrected chi connectivity index (χ3v) is 3.58. The molecule has 0 aliphatic carbocycles. The molecular formula is C14H17NO6S. The van der Waals surface area contributed by atoms with E-state index in [1.807, 2.05) is 0 Å².